The Hall–Kier alpha value is -2.14. The summed E-state index contributed by atoms with van der Waals surface area (Å²) >= 11 is 0. The maximum absolute atomic E-state index is 12.4. The molecule has 0 saturated heterocycles. The van der Waals surface area contributed by atoms with E-state index in [0.717, 1.165) is 0 Å². The lowest BCUT2D eigenvalue weighted by atomic mass is 10.3. The van der Waals surface area contributed by atoms with E-state index in [1.165, 1.54) is 36.1 Å². The van der Waals surface area contributed by atoms with Crippen LogP contribution in [0.15, 0.2) is 46.2 Å². The molecule has 0 bridgehead atoms. The SMILES string of the molecule is CN(Cc1ccco1)S(=O)(=O)c1cncc(C#CCO)c1. The minimum absolute atomic E-state index is 0.0429. The highest BCUT2D eigenvalue weighted by Crippen LogP contribution is 2.17. The number of nitrogens with zero attached hydrogens (tertiary/aromatic N) is 2. The van der Waals surface area contributed by atoms with E-state index in [9.17, 15) is 8.42 Å². The van der Waals surface area contributed by atoms with Gasteiger partial charge in [-0.2, -0.15) is 4.31 Å². The largest absolute Gasteiger partial charge is 0.468 e. The van der Waals surface area contributed by atoms with E-state index in [0.29, 0.717) is 11.3 Å². The molecule has 2 heterocycles. The van der Waals surface area contributed by atoms with Gasteiger partial charge in [0.25, 0.3) is 0 Å². The van der Waals surface area contributed by atoms with Crippen LogP contribution in [0.5, 0.6) is 0 Å². The van der Waals surface area contributed by atoms with Crippen LogP contribution in [0.25, 0.3) is 0 Å². The van der Waals surface area contributed by atoms with Gasteiger partial charge in [-0.25, -0.2) is 8.42 Å². The number of furan rings is 1. The monoisotopic (exact) mass is 306 g/mol. The third kappa shape index (κ3) is 3.70. The molecule has 0 aromatic carbocycles. The van der Waals surface area contributed by atoms with Crippen molar-refractivity contribution in [3.63, 3.8) is 0 Å². The fraction of sp³-hybridized carbons (Fsp3) is 0.214. The lowest BCUT2D eigenvalue weighted by Gasteiger charge is -2.15. The number of sulfonamides is 1. The molecule has 110 valence electrons. The predicted molar refractivity (Wildman–Crippen MR) is 75.6 cm³/mol. The fourth-order valence-electron chi connectivity index (χ4n) is 1.66. The number of pyridine rings is 1. The molecular weight excluding hydrogens is 292 g/mol. The molecular formula is C14H14N2O4S. The highest BCUT2D eigenvalue weighted by Gasteiger charge is 2.22. The van der Waals surface area contributed by atoms with Crippen molar-refractivity contribution < 1.29 is 17.9 Å². The van der Waals surface area contributed by atoms with Crippen molar-refractivity contribution in [3.05, 3.63) is 48.2 Å². The van der Waals surface area contributed by atoms with E-state index in [-0.39, 0.29) is 18.0 Å². The summed E-state index contributed by atoms with van der Waals surface area (Å²) in [5.41, 5.74) is 0.427. The van der Waals surface area contributed by atoms with E-state index in [4.69, 9.17) is 9.52 Å². The zero-order valence-corrected chi connectivity index (χ0v) is 12.2. The zero-order chi connectivity index (χ0) is 15.3. The smallest absolute Gasteiger partial charge is 0.244 e. The molecule has 0 aliphatic carbocycles. The molecule has 0 fully saturated rings. The molecule has 0 radical (unpaired) electrons. The number of aliphatic hydroxyl groups excluding tert-OH is 1. The Bertz CT molecular complexity index is 758. The van der Waals surface area contributed by atoms with Gasteiger partial charge in [0.1, 0.15) is 17.3 Å². The molecule has 21 heavy (non-hydrogen) atoms. The molecule has 7 heteroatoms. The fourth-order valence-corrected chi connectivity index (χ4v) is 2.78. The molecule has 0 atom stereocenters. The zero-order valence-electron chi connectivity index (χ0n) is 11.4. The second kappa shape index (κ2) is 6.54. The molecule has 2 rings (SSSR count). The van der Waals surface area contributed by atoms with Crippen LogP contribution in [0, 0.1) is 11.8 Å². The van der Waals surface area contributed by atoms with Crippen LogP contribution in [-0.4, -0.2) is 36.5 Å². The molecule has 0 saturated carbocycles. The van der Waals surface area contributed by atoms with Crippen LogP contribution in [-0.2, 0) is 16.6 Å². The van der Waals surface area contributed by atoms with Crippen molar-refractivity contribution in [2.45, 2.75) is 11.4 Å². The minimum atomic E-state index is -3.68. The predicted octanol–water partition coefficient (Wildman–Crippen LogP) is 0.839. The average molecular weight is 306 g/mol. The standard InChI is InChI=1S/C14H14N2O4S/c1-16(11-13-5-3-7-20-13)21(18,19)14-8-12(4-2-6-17)9-15-10-14/h3,5,7-10,17H,6,11H2,1H3. The van der Waals surface area contributed by atoms with E-state index in [1.54, 1.807) is 12.1 Å². The van der Waals surface area contributed by atoms with Gasteiger partial charge in [-0.05, 0) is 18.2 Å². The van der Waals surface area contributed by atoms with Gasteiger partial charge in [0.15, 0.2) is 0 Å². The van der Waals surface area contributed by atoms with E-state index >= 15 is 0 Å². The summed E-state index contributed by atoms with van der Waals surface area (Å²) in [4.78, 5) is 3.91. The summed E-state index contributed by atoms with van der Waals surface area (Å²) in [5.74, 6) is 5.62. The maximum atomic E-state index is 12.4. The molecule has 0 aliphatic heterocycles. The summed E-state index contributed by atoms with van der Waals surface area (Å²) in [7, 11) is -2.22. The topological polar surface area (TPSA) is 83.6 Å². The van der Waals surface area contributed by atoms with Crippen LogP contribution in [0.2, 0.25) is 0 Å². The Balaban J connectivity index is 2.26. The van der Waals surface area contributed by atoms with Crippen LogP contribution >= 0.6 is 0 Å². The Morgan fingerprint density at radius 2 is 2.24 bits per heavy atom. The average Bonchev–Trinajstić information content (AvgIpc) is 2.98. The third-order valence-corrected chi connectivity index (χ3v) is 4.46. The molecule has 2 aromatic heterocycles. The normalized spacial score (nSPS) is 11.2. The summed E-state index contributed by atoms with van der Waals surface area (Å²) in [6.07, 6.45) is 4.19. The minimum Gasteiger partial charge on any atom is -0.468 e. The van der Waals surface area contributed by atoms with Gasteiger partial charge in [-0.1, -0.05) is 11.8 Å². The maximum Gasteiger partial charge on any atom is 0.244 e. The quantitative estimate of drug-likeness (QED) is 0.846. The number of aromatic nitrogens is 1. The molecule has 0 unspecified atom stereocenters. The highest BCUT2D eigenvalue weighted by molar-refractivity contribution is 7.89. The first-order valence-corrected chi connectivity index (χ1v) is 7.51. The van der Waals surface area contributed by atoms with Crippen molar-refractivity contribution in [3.8, 4) is 11.8 Å². The summed E-state index contributed by atoms with van der Waals surface area (Å²) in [6.45, 7) is -0.169. The lowest BCUT2D eigenvalue weighted by Crippen LogP contribution is -2.26. The summed E-state index contributed by atoms with van der Waals surface area (Å²) in [5, 5.41) is 8.66. The first-order valence-electron chi connectivity index (χ1n) is 6.07. The van der Waals surface area contributed by atoms with Crippen LogP contribution in [0.1, 0.15) is 11.3 Å². The Morgan fingerprint density at radius 3 is 2.90 bits per heavy atom. The summed E-state index contributed by atoms with van der Waals surface area (Å²) in [6, 6.07) is 4.82. The van der Waals surface area contributed by atoms with Gasteiger partial charge in [-0.15, -0.1) is 0 Å². The van der Waals surface area contributed by atoms with Gasteiger partial charge < -0.3 is 9.52 Å². The van der Waals surface area contributed by atoms with Crippen molar-refractivity contribution in [2.75, 3.05) is 13.7 Å². The van der Waals surface area contributed by atoms with Gasteiger partial charge in [0.2, 0.25) is 10.0 Å². The van der Waals surface area contributed by atoms with E-state index < -0.39 is 10.0 Å². The molecule has 2 aromatic rings. The van der Waals surface area contributed by atoms with Gasteiger partial charge in [0.05, 0.1) is 12.8 Å². The number of hydrogen-bond donors (Lipinski definition) is 1. The van der Waals surface area contributed by atoms with Gasteiger partial charge in [0, 0.05) is 25.0 Å². The molecule has 0 aliphatic rings. The molecule has 0 spiro atoms. The Labute approximate surface area is 123 Å². The molecule has 6 nitrogen and oxygen atoms in total. The van der Waals surface area contributed by atoms with Crippen molar-refractivity contribution in [2.24, 2.45) is 0 Å². The Morgan fingerprint density at radius 1 is 1.43 bits per heavy atom. The van der Waals surface area contributed by atoms with Crippen LogP contribution in [0.3, 0.4) is 0 Å². The highest BCUT2D eigenvalue weighted by atomic mass is 32.2. The second-order valence-corrected chi connectivity index (χ2v) is 6.25. The van der Waals surface area contributed by atoms with Crippen LogP contribution in [0.4, 0.5) is 0 Å². The first-order chi connectivity index (χ1) is 10.0. The first kappa shape index (κ1) is 15.3. The number of hydrogen-bond acceptors (Lipinski definition) is 5. The molecule has 1 N–H and O–H groups in total. The van der Waals surface area contributed by atoms with Crippen molar-refractivity contribution in [1.29, 1.82) is 0 Å². The van der Waals surface area contributed by atoms with E-state index in [2.05, 4.69) is 16.8 Å². The number of rotatable bonds is 4. The van der Waals surface area contributed by atoms with Crippen molar-refractivity contribution >= 4 is 10.0 Å². The molecule has 0 amide bonds. The number of aliphatic hydroxyl groups is 1. The Kier molecular flexibility index (Phi) is 4.75. The van der Waals surface area contributed by atoms with E-state index in [1.807, 2.05) is 0 Å². The summed E-state index contributed by atoms with van der Waals surface area (Å²) < 4.78 is 31.2. The lowest BCUT2D eigenvalue weighted by molar-refractivity contribution is 0.350. The van der Waals surface area contributed by atoms with Gasteiger partial charge >= 0.3 is 0 Å². The van der Waals surface area contributed by atoms with Crippen molar-refractivity contribution in [1.82, 2.24) is 9.29 Å². The second-order valence-electron chi connectivity index (χ2n) is 4.21. The van der Waals surface area contributed by atoms with Gasteiger partial charge in [-0.3, -0.25) is 4.98 Å². The third-order valence-electron chi connectivity index (χ3n) is 2.69. The van der Waals surface area contributed by atoms with Crippen LogP contribution < -0.4 is 0 Å².